The molecule has 0 saturated carbocycles. The first-order valence-electron chi connectivity index (χ1n) is 3.90. The first-order valence-corrected chi connectivity index (χ1v) is 3.90. The molecule has 0 atom stereocenters. The molecule has 0 bridgehead atoms. The van der Waals surface area contributed by atoms with Crippen LogP contribution < -0.4 is 10.2 Å². The first-order chi connectivity index (χ1) is 5.47. The van der Waals surface area contributed by atoms with Crippen molar-refractivity contribution in [1.29, 1.82) is 0 Å². The molecule has 2 heteroatoms. The molecule has 0 spiro atoms. The maximum absolute atomic E-state index is 4.27. The van der Waals surface area contributed by atoms with Crippen molar-refractivity contribution in [2.24, 2.45) is 0 Å². The summed E-state index contributed by atoms with van der Waals surface area (Å²) in [6.45, 7) is 2.92. The van der Waals surface area contributed by atoms with E-state index in [1.807, 2.05) is 6.07 Å². The second-order valence-electron chi connectivity index (χ2n) is 2.69. The number of hydrogen-bond acceptors (Lipinski definition) is 1. The lowest BCUT2D eigenvalue weighted by atomic mass is 10.3. The molecule has 0 aliphatic carbocycles. The molecule has 1 saturated heterocycles. The van der Waals surface area contributed by atoms with Crippen molar-refractivity contribution in [1.82, 2.24) is 5.32 Å². The van der Waals surface area contributed by atoms with Gasteiger partial charge in [0.2, 0.25) is 0 Å². The van der Waals surface area contributed by atoms with E-state index in [9.17, 15) is 0 Å². The topological polar surface area (TPSA) is 17.3 Å². The molecular weight excluding hydrogens is 136 g/mol. The molecule has 1 aliphatic rings. The SMILES string of the molecule is c1ccc(N2CC[N]C2)cc1. The minimum absolute atomic E-state index is 0.865. The lowest BCUT2D eigenvalue weighted by Crippen LogP contribution is -2.18. The fraction of sp³-hybridized carbons (Fsp3) is 0.333. The minimum Gasteiger partial charge on any atom is -0.356 e. The standard InChI is InChI=1S/C9H11N2/c1-2-4-9(5-3-1)11-7-6-10-8-11/h1-5H,6-8H2. The molecule has 0 aromatic heterocycles. The van der Waals surface area contributed by atoms with Gasteiger partial charge < -0.3 is 4.90 Å². The Bertz CT molecular complexity index is 214. The lowest BCUT2D eigenvalue weighted by molar-refractivity contribution is 0.836. The number of anilines is 1. The second kappa shape index (κ2) is 2.93. The van der Waals surface area contributed by atoms with Crippen LogP contribution in [0.4, 0.5) is 5.69 Å². The Kier molecular flexibility index (Phi) is 1.78. The highest BCUT2D eigenvalue weighted by Gasteiger charge is 2.10. The summed E-state index contributed by atoms with van der Waals surface area (Å²) >= 11 is 0. The summed E-state index contributed by atoms with van der Waals surface area (Å²) in [6, 6.07) is 10.4. The highest BCUT2D eigenvalue weighted by atomic mass is 15.3. The van der Waals surface area contributed by atoms with Gasteiger partial charge in [-0.3, -0.25) is 0 Å². The van der Waals surface area contributed by atoms with Gasteiger partial charge in [0.25, 0.3) is 0 Å². The summed E-state index contributed by atoms with van der Waals surface area (Å²) in [5.74, 6) is 0. The fourth-order valence-corrected chi connectivity index (χ4v) is 1.30. The first kappa shape index (κ1) is 6.68. The van der Waals surface area contributed by atoms with Crippen LogP contribution in [-0.2, 0) is 0 Å². The van der Waals surface area contributed by atoms with E-state index in [1.165, 1.54) is 5.69 Å². The van der Waals surface area contributed by atoms with Crippen LogP contribution in [0.25, 0.3) is 0 Å². The quantitative estimate of drug-likeness (QED) is 0.580. The molecular formula is C9H11N2. The van der Waals surface area contributed by atoms with Gasteiger partial charge in [0.15, 0.2) is 0 Å². The largest absolute Gasteiger partial charge is 0.356 e. The zero-order chi connectivity index (χ0) is 7.52. The minimum atomic E-state index is 0.865. The molecule has 1 radical (unpaired) electrons. The van der Waals surface area contributed by atoms with Crippen molar-refractivity contribution in [3.8, 4) is 0 Å². The Morgan fingerprint density at radius 2 is 2.00 bits per heavy atom. The van der Waals surface area contributed by atoms with Crippen LogP contribution in [0.1, 0.15) is 0 Å². The van der Waals surface area contributed by atoms with Gasteiger partial charge in [0.05, 0.1) is 6.67 Å². The molecule has 1 fully saturated rings. The summed E-state index contributed by atoms with van der Waals surface area (Å²) in [6.07, 6.45) is 0. The summed E-state index contributed by atoms with van der Waals surface area (Å²) in [4.78, 5) is 2.28. The molecule has 0 N–H and O–H groups in total. The normalized spacial score (nSPS) is 17.3. The number of nitrogens with zero attached hydrogens (tertiary/aromatic N) is 2. The van der Waals surface area contributed by atoms with E-state index in [4.69, 9.17) is 0 Å². The van der Waals surface area contributed by atoms with Crippen molar-refractivity contribution < 1.29 is 0 Å². The summed E-state index contributed by atoms with van der Waals surface area (Å²) < 4.78 is 0. The Balaban J connectivity index is 2.16. The van der Waals surface area contributed by atoms with Gasteiger partial charge in [0, 0.05) is 18.8 Å². The van der Waals surface area contributed by atoms with E-state index in [-0.39, 0.29) is 0 Å². The molecule has 11 heavy (non-hydrogen) atoms. The average Bonchev–Trinajstić information content (AvgIpc) is 2.58. The molecule has 0 amide bonds. The summed E-state index contributed by atoms with van der Waals surface area (Å²) in [5, 5.41) is 4.27. The van der Waals surface area contributed by atoms with E-state index < -0.39 is 0 Å². The Hall–Kier alpha value is -1.02. The number of hydrogen-bond donors (Lipinski definition) is 0. The smallest absolute Gasteiger partial charge is 0.0843 e. The zero-order valence-electron chi connectivity index (χ0n) is 6.40. The molecule has 1 aromatic rings. The van der Waals surface area contributed by atoms with Crippen LogP contribution in [-0.4, -0.2) is 19.8 Å². The van der Waals surface area contributed by atoms with Crippen molar-refractivity contribution in [2.45, 2.75) is 0 Å². The summed E-state index contributed by atoms with van der Waals surface area (Å²) in [7, 11) is 0. The van der Waals surface area contributed by atoms with E-state index in [0.29, 0.717) is 0 Å². The van der Waals surface area contributed by atoms with E-state index in [1.54, 1.807) is 0 Å². The van der Waals surface area contributed by atoms with Crippen LogP contribution in [0.2, 0.25) is 0 Å². The van der Waals surface area contributed by atoms with Crippen molar-refractivity contribution in [3.63, 3.8) is 0 Å². The van der Waals surface area contributed by atoms with Gasteiger partial charge in [-0.2, -0.15) is 0 Å². The van der Waals surface area contributed by atoms with E-state index in [2.05, 4.69) is 34.5 Å². The van der Waals surface area contributed by atoms with Gasteiger partial charge in [-0.25, -0.2) is 5.32 Å². The Labute approximate surface area is 66.8 Å². The highest BCUT2D eigenvalue weighted by Crippen LogP contribution is 2.13. The highest BCUT2D eigenvalue weighted by molar-refractivity contribution is 5.46. The third-order valence-electron chi connectivity index (χ3n) is 1.92. The Morgan fingerprint density at radius 1 is 1.18 bits per heavy atom. The van der Waals surface area contributed by atoms with Crippen molar-refractivity contribution >= 4 is 5.69 Å². The van der Waals surface area contributed by atoms with Crippen molar-refractivity contribution in [3.05, 3.63) is 30.3 Å². The predicted octanol–water partition coefficient (Wildman–Crippen LogP) is 1.07. The molecule has 2 nitrogen and oxygen atoms in total. The Morgan fingerprint density at radius 3 is 2.64 bits per heavy atom. The van der Waals surface area contributed by atoms with Gasteiger partial charge in [0.1, 0.15) is 0 Å². The molecule has 57 valence electrons. The van der Waals surface area contributed by atoms with Gasteiger partial charge in [-0.05, 0) is 12.1 Å². The predicted molar refractivity (Wildman–Crippen MR) is 45.7 cm³/mol. The van der Waals surface area contributed by atoms with Crippen LogP contribution >= 0.6 is 0 Å². The number of benzene rings is 1. The third kappa shape index (κ3) is 1.35. The maximum Gasteiger partial charge on any atom is 0.0843 e. The van der Waals surface area contributed by atoms with Crippen LogP contribution in [0.15, 0.2) is 30.3 Å². The fourth-order valence-electron chi connectivity index (χ4n) is 1.30. The second-order valence-corrected chi connectivity index (χ2v) is 2.69. The van der Waals surface area contributed by atoms with Crippen LogP contribution in [0, 0.1) is 0 Å². The monoisotopic (exact) mass is 147 g/mol. The van der Waals surface area contributed by atoms with Gasteiger partial charge in [-0.15, -0.1) is 0 Å². The van der Waals surface area contributed by atoms with E-state index in [0.717, 1.165) is 19.8 Å². The summed E-state index contributed by atoms with van der Waals surface area (Å²) in [5.41, 5.74) is 1.29. The zero-order valence-corrected chi connectivity index (χ0v) is 6.40. The van der Waals surface area contributed by atoms with E-state index >= 15 is 0 Å². The van der Waals surface area contributed by atoms with Crippen LogP contribution in [0.3, 0.4) is 0 Å². The molecule has 1 heterocycles. The van der Waals surface area contributed by atoms with Gasteiger partial charge >= 0.3 is 0 Å². The molecule has 1 aromatic carbocycles. The number of rotatable bonds is 1. The number of para-hydroxylation sites is 1. The molecule has 1 aliphatic heterocycles. The maximum atomic E-state index is 4.27. The lowest BCUT2D eigenvalue weighted by Gasteiger charge is -2.15. The van der Waals surface area contributed by atoms with Crippen molar-refractivity contribution in [2.75, 3.05) is 24.7 Å². The van der Waals surface area contributed by atoms with Crippen LogP contribution in [0.5, 0.6) is 0 Å². The third-order valence-corrected chi connectivity index (χ3v) is 1.92. The molecule has 2 rings (SSSR count). The van der Waals surface area contributed by atoms with Gasteiger partial charge in [-0.1, -0.05) is 18.2 Å². The average molecular weight is 147 g/mol. The molecule has 0 unspecified atom stereocenters.